The van der Waals surface area contributed by atoms with Gasteiger partial charge in [-0.3, -0.25) is 9.69 Å². The Morgan fingerprint density at radius 3 is 2.76 bits per heavy atom. The first-order chi connectivity index (χ1) is 14.0. The molecule has 3 aromatic rings. The van der Waals surface area contributed by atoms with Crippen molar-refractivity contribution in [1.29, 1.82) is 0 Å². The highest BCUT2D eigenvalue weighted by molar-refractivity contribution is 5.94. The second kappa shape index (κ2) is 8.21. The van der Waals surface area contributed by atoms with Crippen LogP contribution in [0.15, 0.2) is 42.5 Å². The quantitative estimate of drug-likeness (QED) is 0.717. The molecule has 29 heavy (non-hydrogen) atoms. The van der Waals surface area contributed by atoms with E-state index in [0.29, 0.717) is 12.3 Å². The van der Waals surface area contributed by atoms with Crippen LogP contribution in [-0.2, 0) is 11.8 Å². The summed E-state index contributed by atoms with van der Waals surface area (Å²) in [7, 11) is 1.97. The standard InChI is InChI=1S/C22H25FN4O2/c1-15-24-19-13-16(7-8-20(19)26(15)2)25-22(28)14-27-11-9-17(10-12-27)29-21-6-4-3-5-18(21)23/h3-8,13,17H,9-12,14H2,1-2H3,(H,25,28). The smallest absolute Gasteiger partial charge is 0.238 e. The molecule has 1 fully saturated rings. The molecule has 152 valence electrons. The molecule has 1 amide bonds. The number of ether oxygens (including phenoxy) is 1. The zero-order valence-corrected chi connectivity index (χ0v) is 16.7. The van der Waals surface area contributed by atoms with Gasteiger partial charge in [0.05, 0.1) is 17.6 Å². The molecule has 0 aliphatic carbocycles. The maximum atomic E-state index is 13.7. The number of halogens is 1. The second-order valence-corrected chi connectivity index (χ2v) is 7.49. The molecule has 0 atom stereocenters. The summed E-state index contributed by atoms with van der Waals surface area (Å²) in [5, 5.41) is 2.96. The monoisotopic (exact) mass is 396 g/mol. The number of aryl methyl sites for hydroxylation is 2. The third kappa shape index (κ3) is 4.40. The number of nitrogens with one attached hydrogen (secondary N) is 1. The first-order valence-corrected chi connectivity index (χ1v) is 9.86. The lowest BCUT2D eigenvalue weighted by Gasteiger charge is -2.31. The van der Waals surface area contributed by atoms with Crippen molar-refractivity contribution in [2.45, 2.75) is 25.9 Å². The Labute approximate surface area is 169 Å². The molecule has 1 N–H and O–H groups in total. The van der Waals surface area contributed by atoms with Crippen LogP contribution in [0.4, 0.5) is 10.1 Å². The highest BCUT2D eigenvalue weighted by Crippen LogP contribution is 2.22. The molecule has 1 aliphatic heterocycles. The number of amides is 1. The predicted molar refractivity (Wildman–Crippen MR) is 111 cm³/mol. The third-order valence-corrected chi connectivity index (χ3v) is 5.42. The van der Waals surface area contributed by atoms with Crippen LogP contribution in [0.2, 0.25) is 0 Å². The van der Waals surface area contributed by atoms with E-state index in [0.717, 1.165) is 48.5 Å². The number of hydrogen-bond donors (Lipinski definition) is 1. The number of para-hydroxylation sites is 1. The Morgan fingerprint density at radius 1 is 1.24 bits per heavy atom. The summed E-state index contributed by atoms with van der Waals surface area (Å²) in [6.45, 7) is 3.76. The number of imidazole rings is 1. The van der Waals surface area contributed by atoms with Gasteiger partial charge in [-0.25, -0.2) is 9.37 Å². The van der Waals surface area contributed by atoms with E-state index in [9.17, 15) is 9.18 Å². The molecule has 0 unspecified atom stereocenters. The Balaban J connectivity index is 1.28. The minimum Gasteiger partial charge on any atom is -0.487 e. The van der Waals surface area contributed by atoms with Crippen molar-refractivity contribution in [3.63, 3.8) is 0 Å². The maximum absolute atomic E-state index is 13.7. The van der Waals surface area contributed by atoms with E-state index in [1.54, 1.807) is 18.2 Å². The molecule has 7 heteroatoms. The van der Waals surface area contributed by atoms with E-state index in [-0.39, 0.29) is 17.8 Å². The third-order valence-electron chi connectivity index (χ3n) is 5.42. The van der Waals surface area contributed by atoms with Gasteiger partial charge in [-0.2, -0.15) is 0 Å². The average molecular weight is 396 g/mol. The van der Waals surface area contributed by atoms with E-state index in [1.165, 1.54) is 6.07 Å². The number of fused-ring (bicyclic) bond motifs is 1. The van der Waals surface area contributed by atoms with Crippen molar-refractivity contribution in [1.82, 2.24) is 14.5 Å². The largest absolute Gasteiger partial charge is 0.487 e. The van der Waals surface area contributed by atoms with Crippen LogP contribution in [0.1, 0.15) is 18.7 Å². The molecule has 0 spiro atoms. The molecular formula is C22H25FN4O2. The van der Waals surface area contributed by atoms with Crippen molar-refractivity contribution >= 4 is 22.6 Å². The first-order valence-electron chi connectivity index (χ1n) is 9.86. The van der Waals surface area contributed by atoms with E-state index < -0.39 is 0 Å². The van der Waals surface area contributed by atoms with Gasteiger partial charge < -0.3 is 14.6 Å². The number of anilines is 1. The van der Waals surface area contributed by atoms with E-state index >= 15 is 0 Å². The van der Waals surface area contributed by atoms with E-state index in [2.05, 4.69) is 15.2 Å². The fourth-order valence-corrected chi connectivity index (χ4v) is 3.71. The van der Waals surface area contributed by atoms with Gasteiger partial charge in [0.25, 0.3) is 0 Å². The maximum Gasteiger partial charge on any atom is 0.238 e. The Bertz CT molecular complexity index is 1020. The summed E-state index contributed by atoms with van der Waals surface area (Å²) < 4.78 is 21.5. The number of likely N-dealkylation sites (tertiary alicyclic amines) is 1. The van der Waals surface area contributed by atoms with Gasteiger partial charge >= 0.3 is 0 Å². The SMILES string of the molecule is Cc1nc2cc(NC(=O)CN3CCC(Oc4ccccc4F)CC3)ccc2n1C. The van der Waals surface area contributed by atoms with Crippen LogP contribution in [0.3, 0.4) is 0 Å². The second-order valence-electron chi connectivity index (χ2n) is 7.49. The van der Waals surface area contributed by atoms with Gasteiger partial charge in [0, 0.05) is 25.8 Å². The molecule has 6 nitrogen and oxygen atoms in total. The van der Waals surface area contributed by atoms with Gasteiger partial charge in [-0.1, -0.05) is 12.1 Å². The molecule has 0 radical (unpaired) electrons. The van der Waals surface area contributed by atoms with Crippen LogP contribution in [0.25, 0.3) is 11.0 Å². The van der Waals surface area contributed by atoms with Gasteiger partial charge in [0.2, 0.25) is 5.91 Å². The van der Waals surface area contributed by atoms with Gasteiger partial charge in [0.1, 0.15) is 11.9 Å². The van der Waals surface area contributed by atoms with Crippen molar-refractivity contribution in [2.24, 2.45) is 7.05 Å². The normalized spacial score (nSPS) is 15.6. The number of hydrogen-bond acceptors (Lipinski definition) is 4. The number of nitrogens with zero attached hydrogens (tertiary/aromatic N) is 3. The average Bonchev–Trinajstić information content (AvgIpc) is 2.98. The summed E-state index contributed by atoms with van der Waals surface area (Å²) in [5.41, 5.74) is 2.66. The lowest BCUT2D eigenvalue weighted by atomic mass is 10.1. The Hall–Kier alpha value is -2.93. The van der Waals surface area contributed by atoms with Crippen LogP contribution in [0.5, 0.6) is 5.75 Å². The fraction of sp³-hybridized carbons (Fsp3) is 0.364. The highest BCUT2D eigenvalue weighted by Gasteiger charge is 2.23. The lowest BCUT2D eigenvalue weighted by molar-refractivity contribution is -0.117. The summed E-state index contributed by atoms with van der Waals surface area (Å²) in [4.78, 5) is 19.0. The van der Waals surface area contributed by atoms with Crippen LogP contribution >= 0.6 is 0 Å². The first kappa shape index (κ1) is 19.4. The summed E-state index contributed by atoms with van der Waals surface area (Å²) in [5.74, 6) is 0.840. The van der Waals surface area contributed by atoms with Crippen LogP contribution in [-0.4, -0.2) is 46.1 Å². The molecule has 0 saturated carbocycles. The number of carbonyl (C=O) groups is 1. The molecular weight excluding hydrogens is 371 g/mol. The highest BCUT2D eigenvalue weighted by atomic mass is 19.1. The fourth-order valence-electron chi connectivity index (χ4n) is 3.71. The Morgan fingerprint density at radius 2 is 2.00 bits per heavy atom. The minimum atomic E-state index is -0.339. The molecule has 1 saturated heterocycles. The molecule has 1 aromatic heterocycles. The van der Waals surface area contributed by atoms with Crippen molar-refractivity contribution in [2.75, 3.05) is 25.0 Å². The van der Waals surface area contributed by atoms with Gasteiger partial charge in [-0.05, 0) is 50.1 Å². The predicted octanol–water partition coefficient (Wildman–Crippen LogP) is 3.50. The number of benzene rings is 2. The summed E-state index contributed by atoms with van der Waals surface area (Å²) >= 11 is 0. The Kier molecular flexibility index (Phi) is 5.49. The van der Waals surface area contributed by atoms with Crippen molar-refractivity contribution in [3.05, 3.63) is 54.1 Å². The lowest BCUT2D eigenvalue weighted by Crippen LogP contribution is -2.42. The zero-order valence-electron chi connectivity index (χ0n) is 16.7. The van der Waals surface area contributed by atoms with E-state index in [1.807, 2.05) is 36.7 Å². The summed E-state index contributed by atoms with van der Waals surface area (Å²) in [6, 6.07) is 12.2. The van der Waals surface area contributed by atoms with Crippen molar-refractivity contribution in [3.8, 4) is 5.75 Å². The zero-order chi connectivity index (χ0) is 20.4. The number of carbonyl (C=O) groups excluding carboxylic acids is 1. The summed E-state index contributed by atoms with van der Waals surface area (Å²) in [6.07, 6.45) is 1.50. The molecule has 0 bridgehead atoms. The van der Waals surface area contributed by atoms with Crippen LogP contribution in [0, 0.1) is 12.7 Å². The molecule has 1 aliphatic rings. The van der Waals surface area contributed by atoms with Gasteiger partial charge in [-0.15, -0.1) is 0 Å². The molecule has 2 heterocycles. The topological polar surface area (TPSA) is 59.4 Å². The number of aromatic nitrogens is 2. The van der Waals surface area contributed by atoms with E-state index in [4.69, 9.17) is 4.74 Å². The number of piperidine rings is 1. The number of rotatable bonds is 5. The van der Waals surface area contributed by atoms with Crippen LogP contribution < -0.4 is 10.1 Å². The molecule has 4 rings (SSSR count). The molecule has 2 aromatic carbocycles. The van der Waals surface area contributed by atoms with Gasteiger partial charge in [0.15, 0.2) is 11.6 Å². The van der Waals surface area contributed by atoms with Crippen molar-refractivity contribution < 1.29 is 13.9 Å². The minimum absolute atomic E-state index is 0.0268.